The van der Waals surface area contributed by atoms with E-state index in [2.05, 4.69) is 19.2 Å². The molecule has 4 unspecified atom stereocenters. The summed E-state index contributed by atoms with van der Waals surface area (Å²) < 4.78 is 0. The zero-order valence-electron chi connectivity index (χ0n) is 11.2. The van der Waals surface area contributed by atoms with Gasteiger partial charge in [-0.1, -0.05) is 33.1 Å². The zero-order valence-corrected chi connectivity index (χ0v) is 11.2. The maximum absolute atomic E-state index is 3.77. The quantitative estimate of drug-likeness (QED) is 0.760. The molecule has 0 aromatic carbocycles. The molecule has 1 heteroatoms. The van der Waals surface area contributed by atoms with E-state index in [1.807, 2.05) is 0 Å². The first-order chi connectivity index (χ1) is 7.74. The predicted molar refractivity (Wildman–Crippen MR) is 70.5 cm³/mol. The highest BCUT2D eigenvalue weighted by Gasteiger charge is 2.22. The van der Waals surface area contributed by atoms with Gasteiger partial charge in [-0.3, -0.25) is 0 Å². The molecule has 2 aliphatic rings. The van der Waals surface area contributed by atoms with Gasteiger partial charge in [0.1, 0.15) is 0 Å². The highest BCUT2D eigenvalue weighted by molar-refractivity contribution is 4.79. The van der Waals surface area contributed by atoms with Crippen molar-refractivity contribution in [1.29, 1.82) is 0 Å². The van der Waals surface area contributed by atoms with Crippen LogP contribution in [0.25, 0.3) is 0 Å². The Kier molecular flexibility index (Phi) is 4.69. The Bertz CT molecular complexity index is 202. The Labute approximate surface area is 101 Å². The number of rotatable bonds is 4. The van der Waals surface area contributed by atoms with Gasteiger partial charge in [0.2, 0.25) is 0 Å². The van der Waals surface area contributed by atoms with Crippen LogP contribution in [0.2, 0.25) is 0 Å². The molecule has 2 saturated carbocycles. The van der Waals surface area contributed by atoms with E-state index in [1.165, 1.54) is 57.9 Å². The van der Waals surface area contributed by atoms with Crippen LogP contribution in [0.4, 0.5) is 0 Å². The van der Waals surface area contributed by atoms with Gasteiger partial charge in [0, 0.05) is 6.04 Å². The molecule has 2 rings (SSSR count). The van der Waals surface area contributed by atoms with E-state index < -0.39 is 0 Å². The fourth-order valence-electron chi connectivity index (χ4n) is 3.71. The van der Waals surface area contributed by atoms with Gasteiger partial charge >= 0.3 is 0 Å². The molecule has 0 radical (unpaired) electrons. The molecule has 2 aliphatic carbocycles. The van der Waals surface area contributed by atoms with Crippen molar-refractivity contribution in [3.63, 3.8) is 0 Å². The van der Waals surface area contributed by atoms with E-state index in [0.29, 0.717) is 0 Å². The van der Waals surface area contributed by atoms with Crippen molar-refractivity contribution in [2.24, 2.45) is 17.8 Å². The van der Waals surface area contributed by atoms with Crippen LogP contribution in [0, 0.1) is 17.8 Å². The molecule has 0 aromatic heterocycles. The van der Waals surface area contributed by atoms with E-state index in [-0.39, 0.29) is 0 Å². The largest absolute Gasteiger partial charge is 0.314 e. The second-order valence-corrected chi connectivity index (χ2v) is 6.50. The maximum Gasteiger partial charge on any atom is 0.00697 e. The van der Waals surface area contributed by atoms with E-state index in [1.54, 1.807) is 0 Å². The average Bonchev–Trinajstić information content (AvgIpc) is 2.64. The number of nitrogens with one attached hydrogen (secondary N) is 1. The summed E-state index contributed by atoms with van der Waals surface area (Å²) in [4.78, 5) is 0. The van der Waals surface area contributed by atoms with Gasteiger partial charge in [0.05, 0.1) is 0 Å². The third kappa shape index (κ3) is 3.76. The first-order valence-corrected chi connectivity index (χ1v) is 7.47. The summed E-state index contributed by atoms with van der Waals surface area (Å²) in [6.07, 6.45) is 11.6. The summed E-state index contributed by atoms with van der Waals surface area (Å²) in [6.45, 7) is 6.09. The monoisotopic (exact) mass is 223 g/mol. The first kappa shape index (κ1) is 12.4. The van der Waals surface area contributed by atoms with Crippen LogP contribution >= 0.6 is 0 Å². The molecule has 0 aromatic rings. The lowest BCUT2D eigenvalue weighted by atomic mass is 9.81. The molecule has 0 aliphatic heterocycles. The van der Waals surface area contributed by atoms with Crippen LogP contribution in [0.3, 0.4) is 0 Å². The number of hydrogen-bond donors (Lipinski definition) is 1. The molecule has 0 saturated heterocycles. The van der Waals surface area contributed by atoms with E-state index in [0.717, 1.165) is 23.8 Å². The molecular formula is C15H29N. The van der Waals surface area contributed by atoms with Crippen molar-refractivity contribution in [2.45, 2.75) is 71.3 Å². The fraction of sp³-hybridized carbons (Fsp3) is 1.00. The Morgan fingerprint density at radius 3 is 2.44 bits per heavy atom. The molecule has 16 heavy (non-hydrogen) atoms. The summed E-state index contributed by atoms with van der Waals surface area (Å²) in [5, 5.41) is 3.77. The number of hydrogen-bond acceptors (Lipinski definition) is 1. The van der Waals surface area contributed by atoms with Crippen LogP contribution in [0.15, 0.2) is 0 Å². The standard InChI is InChI=1S/C15H29N/c1-12-4-3-5-14(10-12)8-9-16-15-7-6-13(2)11-15/h12-16H,3-11H2,1-2H3. The summed E-state index contributed by atoms with van der Waals surface area (Å²) in [5.74, 6) is 2.98. The molecule has 94 valence electrons. The van der Waals surface area contributed by atoms with Crippen molar-refractivity contribution < 1.29 is 0 Å². The van der Waals surface area contributed by atoms with Crippen molar-refractivity contribution in [1.82, 2.24) is 5.32 Å². The maximum atomic E-state index is 3.77. The molecule has 0 heterocycles. The lowest BCUT2D eigenvalue weighted by Gasteiger charge is -2.27. The van der Waals surface area contributed by atoms with Crippen molar-refractivity contribution >= 4 is 0 Å². The molecule has 0 bridgehead atoms. The Morgan fingerprint density at radius 2 is 1.75 bits per heavy atom. The Balaban J connectivity index is 1.57. The minimum atomic E-state index is 0.844. The van der Waals surface area contributed by atoms with E-state index in [4.69, 9.17) is 0 Å². The van der Waals surface area contributed by atoms with Gasteiger partial charge in [-0.25, -0.2) is 0 Å². The molecule has 4 atom stereocenters. The smallest absolute Gasteiger partial charge is 0.00697 e. The van der Waals surface area contributed by atoms with Gasteiger partial charge in [0.15, 0.2) is 0 Å². The van der Waals surface area contributed by atoms with Gasteiger partial charge in [-0.2, -0.15) is 0 Å². The molecule has 1 N–H and O–H groups in total. The Hall–Kier alpha value is -0.0400. The van der Waals surface area contributed by atoms with E-state index >= 15 is 0 Å². The van der Waals surface area contributed by atoms with Crippen LogP contribution in [0.5, 0.6) is 0 Å². The van der Waals surface area contributed by atoms with Crippen molar-refractivity contribution in [3.05, 3.63) is 0 Å². The molecule has 1 nitrogen and oxygen atoms in total. The van der Waals surface area contributed by atoms with Crippen molar-refractivity contribution in [2.75, 3.05) is 6.54 Å². The van der Waals surface area contributed by atoms with Crippen LogP contribution in [-0.4, -0.2) is 12.6 Å². The second kappa shape index (κ2) is 6.05. The fourth-order valence-corrected chi connectivity index (χ4v) is 3.71. The zero-order chi connectivity index (χ0) is 11.4. The Morgan fingerprint density at radius 1 is 0.938 bits per heavy atom. The van der Waals surface area contributed by atoms with Gasteiger partial charge in [-0.05, 0) is 56.4 Å². The van der Waals surface area contributed by atoms with Crippen LogP contribution in [0.1, 0.15) is 65.2 Å². The van der Waals surface area contributed by atoms with Crippen LogP contribution < -0.4 is 5.32 Å². The highest BCUT2D eigenvalue weighted by atomic mass is 14.9. The lowest BCUT2D eigenvalue weighted by molar-refractivity contribution is 0.264. The third-order valence-electron chi connectivity index (χ3n) is 4.73. The van der Waals surface area contributed by atoms with Gasteiger partial charge in [-0.15, -0.1) is 0 Å². The average molecular weight is 223 g/mol. The molecular weight excluding hydrogens is 194 g/mol. The predicted octanol–water partition coefficient (Wildman–Crippen LogP) is 3.98. The van der Waals surface area contributed by atoms with E-state index in [9.17, 15) is 0 Å². The summed E-state index contributed by atoms with van der Waals surface area (Å²) in [7, 11) is 0. The first-order valence-electron chi connectivity index (χ1n) is 7.47. The lowest BCUT2D eigenvalue weighted by Crippen LogP contribution is -2.29. The third-order valence-corrected chi connectivity index (χ3v) is 4.73. The minimum absolute atomic E-state index is 0.844. The van der Waals surface area contributed by atoms with Crippen molar-refractivity contribution in [3.8, 4) is 0 Å². The molecule has 0 spiro atoms. The molecule has 0 amide bonds. The normalized spacial score (nSPS) is 40.1. The van der Waals surface area contributed by atoms with Gasteiger partial charge in [0.25, 0.3) is 0 Å². The summed E-state index contributed by atoms with van der Waals surface area (Å²) in [6, 6.07) is 0.844. The van der Waals surface area contributed by atoms with Crippen LogP contribution in [-0.2, 0) is 0 Å². The highest BCUT2D eigenvalue weighted by Crippen LogP contribution is 2.30. The SMILES string of the molecule is CC1CCCC(CCNC2CCC(C)C2)C1. The molecule has 2 fully saturated rings. The second-order valence-electron chi connectivity index (χ2n) is 6.50. The topological polar surface area (TPSA) is 12.0 Å². The summed E-state index contributed by atoms with van der Waals surface area (Å²) >= 11 is 0. The summed E-state index contributed by atoms with van der Waals surface area (Å²) in [5.41, 5.74) is 0. The minimum Gasteiger partial charge on any atom is -0.314 e. The van der Waals surface area contributed by atoms with Gasteiger partial charge < -0.3 is 5.32 Å².